The molecule has 7 heteroatoms. The van der Waals surface area contributed by atoms with Crippen LogP contribution in [-0.4, -0.2) is 33.7 Å². The fourth-order valence-corrected chi connectivity index (χ4v) is 3.65. The van der Waals surface area contributed by atoms with Crippen molar-refractivity contribution in [1.29, 1.82) is 5.26 Å². The van der Waals surface area contributed by atoms with E-state index in [0.29, 0.717) is 30.9 Å². The third-order valence-electron chi connectivity index (χ3n) is 5.11. The quantitative estimate of drug-likeness (QED) is 0.904. The maximum atomic E-state index is 13.8. The highest BCUT2D eigenvalue weighted by Crippen LogP contribution is 2.19. The lowest BCUT2D eigenvalue weighted by atomic mass is 10.0. The molecule has 0 radical (unpaired) electrons. The molecule has 0 fully saturated rings. The Bertz CT molecular complexity index is 1000. The van der Waals surface area contributed by atoms with Crippen molar-refractivity contribution in [2.24, 2.45) is 4.99 Å². The predicted octanol–water partition coefficient (Wildman–Crippen LogP) is 2.31. The van der Waals surface area contributed by atoms with E-state index in [0.717, 1.165) is 49.3 Å². The highest BCUT2D eigenvalue weighted by atomic mass is 19.1. The number of halogens is 1. The number of H-pyrrole nitrogens is 1. The SMILES string of the molecule is N#Cc1ccc(CN2CCc3nc(C4=NCCCC4)[nH]c(=O)c3C2)cc1F. The van der Waals surface area contributed by atoms with Crippen LogP contribution in [0, 0.1) is 17.1 Å². The Morgan fingerprint density at radius 2 is 2.19 bits per heavy atom. The summed E-state index contributed by atoms with van der Waals surface area (Å²) in [5.74, 6) is 0.103. The molecule has 2 aliphatic heterocycles. The van der Waals surface area contributed by atoms with Gasteiger partial charge in [-0.3, -0.25) is 14.7 Å². The van der Waals surface area contributed by atoms with Crippen molar-refractivity contribution in [1.82, 2.24) is 14.9 Å². The van der Waals surface area contributed by atoms with E-state index in [9.17, 15) is 9.18 Å². The van der Waals surface area contributed by atoms with Gasteiger partial charge in [0.1, 0.15) is 11.9 Å². The maximum absolute atomic E-state index is 13.8. The monoisotopic (exact) mass is 365 g/mol. The summed E-state index contributed by atoms with van der Waals surface area (Å²) in [5, 5.41) is 8.83. The molecule has 0 bridgehead atoms. The summed E-state index contributed by atoms with van der Waals surface area (Å²) < 4.78 is 13.8. The van der Waals surface area contributed by atoms with Crippen molar-refractivity contribution in [3.05, 3.63) is 62.6 Å². The Morgan fingerprint density at radius 3 is 2.93 bits per heavy atom. The number of nitrogens with one attached hydrogen (secondary N) is 1. The molecule has 4 rings (SSSR count). The van der Waals surface area contributed by atoms with Gasteiger partial charge in [0.15, 0.2) is 5.82 Å². The summed E-state index contributed by atoms with van der Waals surface area (Å²) in [6.07, 6.45) is 3.70. The zero-order valence-electron chi connectivity index (χ0n) is 15.0. The van der Waals surface area contributed by atoms with Crippen LogP contribution < -0.4 is 5.56 Å². The van der Waals surface area contributed by atoms with Gasteiger partial charge in [0, 0.05) is 32.6 Å². The first-order valence-corrected chi connectivity index (χ1v) is 9.20. The van der Waals surface area contributed by atoms with E-state index in [2.05, 4.69) is 19.9 Å². The van der Waals surface area contributed by atoms with E-state index in [1.807, 2.05) is 6.07 Å². The molecule has 3 heterocycles. The smallest absolute Gasteiger partial charge is 0.255 e. The summed E-state index contributed by atoms with van der Waals surface area (Å²) in [5.41, 5.74) is 3.13. The highest BCUT2D eigenvalue weighted by molar-refractivity contribution is 5.97. The molecule has 6 nitrogen and oxygen atoms in total. The summed E-state index contributed by atoms with van der Waals surface area (Å²) >= 11 is 0. The molecule has 27 heavy (non-hydrogen) atoms. The number of rotatable bonds is 3. The predicted molar refractivity (Wildman–Crippen MR) is 99.0 cm³/mol. The molecular formula is C20H20FN5O. The zero-order valence-corrected chi connectivity index (χ0v) is 15.0. The van der Waals surface area contributed by atoms with Gasteiger partial charge >= 0.3 is 0 Å². The van der Waals surface area contributed by atoms with Gasteiger partial charge in [-0.25, -0.2) is 9.37 Å². The molecule has 0 saturated carbocycles. The number of aliphatic imine (C=N–C) groups is 1. The summed E-state index contributed by atoms with van der Waals surface area (Å²) in [7, 11) is 0. The van der Waals surface area contributed by atoms with E-state index >= 15 is 0 Å². The van der Waals surface area contributed by atoms with E-state index in [1.165, 1.54) is 12.1 Å². The molecule has 0 saturated heterocycles. The van der Waals surface area contributed by atoms with Crippen LogP contribution in [0.15, 0.2) is 28.0 Å². The van der Waals surface area contributed by atoms with Crippen molar-refractivity contribution in [2.45, 2.75) is 38.8 Å². The summed E-state index contributed by atoms with van der Waals surface area (Å²) in [6.45, 7) is 2.55. The lowest BCUT2D eigenvalue weighted by Crippen LogP contribution is -2.36. The number of aromatic amines is 1. The molecule has 1 aromatic heterocycles. The van der Waals surface area contributed by atoms with Crippen LogP contribution in [0.4, 0.5) is 4.39 Å². The van der Waals surface area contributed by atoms with Gasteiger partial charge < -0.3 is 4.98 Å². The fourth-order valence-electron chi connectivity index (χ4n) is 3.65. The van der Waals surface area contributed by atoms with E-state index in [-0.39, 0.29) is 11.1 Å². The molecule has 1 aromatic carbocycles. The fraction of sp³-hybridized carbons (Fsp3) is 0.400. The topological polar surface area (TPSA) is 85.1 Å². The molecule has 2 aromatic rings. The molecule has 2 aliphatic rings. The molecular weight excluding hydrogens is 345 g/mol. The number of benzene rings is 1. The van der Waals surface area contributed by atoms with Crippen molar-refractivity contribution in [3.63, 3.8) is 0 Å². The number of fused-ring (bicyclic) bond motifs is 1. The molecule has 0 spiro atoms. The molecule has 0 unspecified atom stereocenters. The van der Waals surface area contributed by atoms with Gasteiger partial charge in [-0.1, -0.05) is 6.07 Å². The normalized spacial score (nSPS) is 17.1. The average molecular weight is 365 g/mol. The van der Waals surface area contributed by atoms with E-state index in [1.54, 1.807) is 6.07 Å². The molecule has 0 atom stereocenters. The van der Waals surface area contributed by atoms with E-state index in [4.69, 9.17) is 5.26 Å². The molecule has 0 aliphatic carbocycles. The lowest BCUT2D eigenvalue weighted by molar-refractivity contribution is 0.241. The van der Waals surface area contributed by atoms with Gasteiger partial charge in [0.25, 0.3) is 5.56 Å². The third-order valence-corrected chi connectivity index (χ3v) is 5.11. The second-order valence-electron chi connectivity index (χ2n) is 7.01. The number of nitrogens with zero attached hydrogens (tertiary/aromatic N) is 4. The van der Waals surface area contributed by atoms with Gasteiger partial charge in [0.2, 0.25) is 0 Å². The van der Waals surface area contributed by atoms with Crippen LogP contribution in [0.25, 0.3) is 0 Å². The first kappa shape index (κ1) is 17.6. The number of nitriles is 1. The Labute approximate surface area is 156 Å². The van der Waals surface area contributed by atoms with Crippen LogP contribution in [0.1, 0.15) is 47.5 Å². The second kappa shape index (κ2) is 7.41. The summed E-state index contributed by atoms with van der Waals surface area (Å²) in [6, 6.07) is 6.46. The zero-order chi connectivity index (χ0) is 18.8. The maximum Gasteiger partial charge on any atom is 0.255 e. The molecule has 0 amide bonds. The minimum absolute atomic E-state index is 0.0431. The molecule has 1 N–H and O–H groups in total. The first-order chi connectivity index (χ1) is 13.1. The van der Waals surface area contributed by atoms with Crippen LogP contribution in [-0.2, 0) is 19.5 Å². The first-order valence-electron chi connectivity index (χ1n) is 9.20. The van der Waals surface area contributed by atoms with Gasteiger partial charge in [0.05, 0.1) is 22.5 Å². The Balaban J connectivity index is 1.53. The van der Waals surface area contributed by atoms with Crippen LogP contribution in [0.2, 0.25) is 0 Å². The van der Waals surface area contributed by atoms with Crippen LogP contribution in [0.5, 0.6) is 0 Å². The summed E-state index contributed by atoms with van der Waals surface area (Å²) in [4.78, 5) is 26.7. The Kier molecular flexibility index (Phi) is 4.82. The standard InChI is InChI=1S/C20H20FN5O/c21-16-9-13(4-5-14(16)10-22)11-26-8-6-17-15(12-26)20(27)25-19(24-17)18-3-1-2-7-23-18/h4-5,9H,1-3,6-8,11-12H2,(H,24,25,27). The van der Waals surface area contributed by atoms with Gasteiger partial charge in [-0.15, -0.1) is 0 Å². The van der Waals surface area contributed by atoms with E-state index < -0.39 is 5.82 Å². The second-order valence-corrected chi connectivity index (χ2v) is 7.01. The average Bonchev–Trinajstić information content (AvgIpc) is 2.69. The lowest BCUT2D eigenvalue weighted by Gasteiger charge is -2.28. The van der Waals surface area contributed by atoms with Crippen LogP contribution in [0.3, 0.4) is 0 Å². The Hall–Kier alpha value is -2.85. The Morgan fingerprint density at radius 1 is 1.30 bits per heavy atom. The number of aromatic nitrogens is 2. The van der Waals surface area contributed by atoms with Crippen molar-refractivity contribution in [2.75, 3.05) is 13.1 Å². The largest absolute Gasteiger partial charge is 0.305 e. The van der Waals surface area contributed by atoms with Crippen LogP contribution >= 0.6 is 0 Å². The minimum atomic E-state index is -0.509. The third kappa shape index (κ3) is 3.67. The van der Waals surface area contributed by atoms with Gasteiger partial charge in [-0.05, 0) is 37.0 Å². The van der Waals surface area contributed by atoms with Crippen molar-refractivity contribution in [3.8, 4) is 6.07 Å². The highest BCUT2D eigenvalue weighted by Gasteiger charge is 2.23. The van der Waals surface area contributed by atoms with Crippen molar-refractivity contribution < 1.29 is 4.39 Å². The molecule has 138 valence electrons. The van der Waals surface area contributed by atoms with Gasteiger partial charge in [-0.2, -0.15) is 5.26 Å². The number of hydrogen-bond acceptors (Lipinski definition) is 5. The van der Waals surface area contributed by atoms with Crippen molar-refractivity contribution >= 4 is 5.71 Å². The number of hydrogen-bond donors (Lipinski definition) is 1. The minimum Gasteiger partial charge on any atom is -0.305 e.